The summed E-state index contributed by atoms with van der Waals surface area (Å²) in [6, 6.07) is 7.91. The maximum atomic E-state index is 5.96. The van der Waals surface area contributed by atoms with E-state index in [1.807, 2.05) is 18.2 Å². The Labute approximate surface area is 123 Å². The van der Waals surface area contributed by atoms with Crippen LogP contribution in [0, 0.1) is 0 Å². The Morgan fingerprint density at radius 3 is 2.68 bits per heavy atom. The topological polar surface area (TPSA) is 24.9 Å². The molecule has 1 aromatic carbocycles. The normalized spacial score (nSPS) is 11.8. The SMILES string of the molecule is CC(C)(C)c1nc(CNCc2cccc(Cl)c2)cs1. The van der Waals surface area contributed by atoms with Crippen molar-refractivity contribution in [3.8, 4) is 0 Å². The van der Waals surface area contributed by atoms with Gasteiger partial charge >= 0.3 is 0 Å². The van der Waals surface area contributed by atoms with Crippen LogP contribution in [0.4, 0.5) is 0 Å². The molecule has 0 aliphatic heterocycles. The van der Waals surface area contributed by atoms with Gasteiger partial charge in [-0.25, -0.2) is 4.98 Å². The van der Waals surface area contributed by atoms with Gasteiger partial charge in [0.15, 0.2) is 0 Å². The van der Waals surface area contributed by atoms with Crippen molar-refractivity contribution in [2.45, 2.75) is 39.3 Å². The number of thiazole rings is 1. The third-order valence-corrected chi connectivity index (χ3v) is 4.27. The highest BCUT2D eigenvalue weighted by Crippen LogP contribution is 2.25. The maximum Gasteiger partial charge on any atom is 0.0982 e. The summed E-state index contributed by atoms with van der Waals surface area (Å²) in [4.78, 5) is 4.66. The predicted octanol–water partition coefficient (Wildman–Crippen LogP) is 4.38. The van der Waals surface area contributed by atoms with Crippen LogP contribution in [0.15, 0.2) is 29.6 Å². The van der Waals surface area contributed by atoms with Crippen LogP contribution in [0.3, 0.4) is 0 Å². The minimum Gasteiger partial charge on any atom is -0.307 e. The van der Waals surface area contributed by atoms with E-state index in [9.17, 15) is 0 Å². The third-order valence-electron chi connectivity index (χ3n) is 2.72. The lowest BCUT2D eigenvalue weighted by molar-refractivity contribution is 0.579. The summed E-state index contributed by atoms with van der Waals surface area (Å²) in [5.41, 5.74) is 2.44. The van der Waals surface area contributed by atoms with Gasteiger partial charge in [0.1, 0.15) is 0 Å². The molecule has 1 aromatic heterocycles. The van der Waals surface area contributed by atoms with Crippen LogP contribution in [0.5, 0.6) is 0 Å². The van der Waals surface area contributed by atoms with Gasteiger partial charge in [0, 0.05) is 28.9 Å². The fourth-order valence-corrected chi connectivity index (χ4v) is 2.83. The number of hydrogen-bond acceptors (Lipinski definition) is 3. The molecule has 2 aromatic rings. The van der Waals surface area contributed by atoms with E-state index >= 15 is 0 Å². The molecule has 1 N–H and O–H groups in total. The molecular formula is C15H19ClN2S. The van der Waals surface area contributed by atoms with Gasteiger partial charge in [-0.15, -0.1) is 11.3 Å². The van der Waals surface area contributed by atoms with Crippen molar-refractivity contribution in [3.63, 3.8) is 0 Å². The lowest BCUT2D eigenvalue weighted by atomic mass is 9.98. The Morgan fingerprint density at radius 1 is 1.26 bits per heavy atom. The number of hydrogen-bond donors (Lipinski definition) is 1. The fourth-order valence-electron chi connectivity index (χ4n) is 1.71. The number of benzene rings is 1. The standard InChI is InChI=1S/C15H19ClN2S/c1-15(2,3)14-18-13(10-19-14)9-17-8-11-5-4-6-12(16)7-11/h4-7,10,17H,8-9H2,1-3H3. The first-order valence-corrected chi connectivity index (χ1v) is 7.61. The molecule has 4 heteroatoms. The molecule has 0 aliphatic carbocycles. The van der Waals surface area contributed by atoms with Gasteiger partial charge in [0.2, 0.25) is 0 Å². The van der Waals surface area contributed by atoms with Crippen molar-refractivity contribution in [2.24, 2.45) is 0 Å². The predicted molar refractivity (Wildman–Crippen MR) is 82.8 cm³/mol. The minimum atomic E-state index is 0.135. The molecule has 0 radical (unpaired) electrons. The Bertz CT molecular complexity index is 543. The van der Waals surface area contributed by atoms with Gasteiger partial charge in [-0.3, -0.25) is 0 Å². The molecule has 19 heavy (non-hydrogen) atoms. The van der Waals surface area contributed by atoms with Gasteiger partial charge in [0.05, 0.1) is 10.7 Å². The monoisotopic (exact) mass is 294 g/mol. The van der Waals surface area contributed by atoms with Gasteiger partial charge in [0.25, 0.3) is 0 Å². The Kier molecular flexibility index (Phi) is 4.61. The zero-order chi connectivity index (χ0) is 13.9. The molecule has 0 unspecified atom stereocenters. The molecule has 0 amide bonds. The highest BCUT2D eigenvalue weighted by atomic mass is 35.5. The van der Waals surface area contributed by atoms with Gasteiger partial charge in [-0.1, -0.05) is 44.5 Å². The molecule has 0 saturated carbocycles. The molecule has 0 saturated heterocycles. The largest absolute Gasteiger partial charge is 0.307 e. The van der Waals surface area contributed by atoms with Crippen LogP contribution < -0.4 is 5.32 Å². The van der Waals surface area contributed by atoms with Crippen LogP contribution in [-0.4, -0.2) is 4.98 Å². The van der Waals surface area contributed by atoms with E-state index in [-0.39, 0.29) is 5.41 Å². The summed E-state index contributed by atoms with van der Waals surface area (Å²) in [6.45, 7) is 8.17. The van der Waals surface area contributed by atoms with Gasteiger partial charge in [-0.2, -0.15) is 0 Å². The lowest BCUT2D eigenvalue weighted by Gasteiger charge is -2.13. The summed E-state index contributed by atoms with van der Waals surface area (Å²) in [5.74, 6) is 0. The van der Waals surface area contributed by atoms with Crippen LogP contribution >= 0.6 is 22.9 Å². The van der Waals surface area contributed by atoms with E-state index in [0.717, 1.165) is 23.8 Å². The molecule has 2 nitrogen and oxygen atoms in total. The first kappa shape index (κ1) is 14.5. The van der Waals surface area contributed by atoms with E-state index in [1.54, 1.807) is 11.3 Å². The summed E-state index contributed by atoms with van der Waals surface area (Å²) >= 11 is 7.69. The minimum absolute atomic E-state index is 0.135. The van der Waals surface area contributed by atoms with Crippen LogP contribution in [-0.2, 0) is 18.5 Å². The second-order valence-electron chi connectivity index (χ2n) is 5.63. The van der Waals surface area contributed by atoms with Crippen molar-refractivity contribution in [2.75, 3.05) is 0 Å². The zero-order valence-electron chi connectivity index (χ0n) is 11.5. The lowest BCUT2D eigenvalue weighted by Crippen LogP contribution is -2.14. The van der Waals surface area contributed by atoms with Crippen molar-refractivity contribution in [1.82, 2.24) is 10.3 Å². The molecule has 0 aliphatic rings. The first-order valence-electron chi connectivity index (χ1n) is 6.35. The van der Waals surface area contributed by atoms with Crippen molar-refractivity contribution in [1.29, 1.82) is 0 Å². The smallest absolute Gasteiger partial charge is 0.0982 e. The fraction of sp³-hybridized carbons (Fsp3) is 0.400. The molecular weight excluding hydrogens is 276 g/mol. The number of nitrogens with one attached hydrogen (secondary N) is 1. The maximum absolute atomic E-state index is 5.96. The molecule has 2 rings (SSSR count). The highest BCUT2D eigenvalue weighted by Gasteiger charge is 2.17. The Morgan fingerprint density at radius 2 is 2.05 bits per heavy atom. The number of nitrogens with zero attached hydrogens (tertiary/aromatic N) is 1. The van der Waals surface area contributed by atoms with Crippen molar-refractivity contribution in [3.05, 3.63) is 50.9 Å². The number of aromatic nitrogens is 1. The van der Waals surface area contributed by atoms with Gasteiger partial charge < -0.3 is 5.32 Å². The third kappa shape index (κ3) is 4.30. The molecule has 0 atom stereocenters. The zero-order valence-corrected chi connectivity index (χ0v) is 13.1. The van der Waals surface area contributed by atoms with Gasteiger partial charge in [-0.05, 0) is 17.7 Å². The Balaban J connectivity index is 1.88. The quantitative estimate of drug-likeness (QED) is 0.905. The summed E-state index contributed by atoms with van der Waals surface area (Å²) < 4.78 is 0. The highest BCUT2D eigenvalue weighted by molar-refractivity contribution is 7.09. The van der Waals surface area contributed by atoms with Crippen molar-refractivity contribution >= 4 is 22.9 Å². The average Bonchev–Trinajstić information content (AvgIpc) is 2.77. The van der Waals surface area contributed by atoms with Crippen LogP contribution in [0.25, 0.3) is 0 Å². The molecule has 0 bridgehead atoms. The van der Waals surface area contributed by atoms with Crippen molar-refractivity contribution < 1.29 is 0 Å². The molecule has 102 valence electrons. The Hall–Kier alpha value is -0.900. The van der Waals surface area contributed by atoms with E-state index in [2.05, 4.69) is 42.5 Å². The molecule has 1 heterocycles. The van der Waals surface area contributed by atoms with E-state index in [1.165, 1.54) is 10.6 Å². The number of rotatable bonds is 4. The second kappa shape index (κ2) is 6.04. The summed E-state index contributed by atoms with van der Waals surface area (Å²) in [6.07, 6.45) is 0. The summed E-state index contributed by atoms with van der Waals surface area (Å²) in [7, 11) is 0. The molecule has 0 fully saturated rings. The van der Waals surface area contributed by atoms with Crippen LogP contribution in [0.2, 0.25) is 5.02 Å². The first-order chi connectivity index (χ1) is 8.95. The second-order valence-corrected chi connectivity index (χ2v) is 6.92. The van der Waals surface area contributed by atoms with E-state index in [0.29, 0.717) is 0 Å². The van der Waals surface area contributed by atoms with E-state index in [4.69, 9.17) is 11.6 Å². The summed E-state index contributed by atoms with van der Waals surface area (Å²) in [5, 5.41) is 7.49. The molecule has 0 spiro atoms. The average molecular weight is 295 g/mol. The van der Waals surface area contributed by atoms with E-state index < -0.39 is 0 Å². The van der Waals surface area contributed by atoms with Crippen LogP contribution in [0.1, 0.15) is 37.0 Å². The number of halogens is 1.